The number of nitrogens with zero attached hydrogens (tertiary/aromatic N) is 1. The molecule has 1 aliphatic rings. The van der Waals surface area contributed by atoms with Crippen LogP contribution in [0.3, 0.4) is 0 Å². The lowest BCUT2D eigenvalue weighted by Gasteiger charge is -2.35. The highest BCUT2D eigenvalue weighted by Gasteiger charge is 2.29. The molecule has 1 aliphatic heterocycles. The van der Waals surface area contributed by atoms with E-state index in [1.54, 1.807) is 0 Å². The summed E-state index contributed by atoms with van der Waals surface area (Å²) in [6.45, 7) is 26.9. The maximum Gasteiger partial charge on any atom is 0.306 e. The number of carbonyl (C=O) groups is 2. The molecule has 0 N–H and O–H groups in total. The molecule has 0 aliphatic carbocycles. The van der Waals surface area contributed by atoms with Crippen molar-refractivity contribution in [3.05, 3.63) is 0 Å². The molecule has 1 heterocycles. The second-order valence-corrected chi connectivity index (χ2v) is 22.1. The molecule has 0 aromatic heterocycles. The van der Waals surface area contributed by atoms with Crippen molar-refractivity contribution in [2.75, 3.05) is 37.7 Å². The molecule has 1 atom stereocenters. The minimum Gasteiger partial charge on any atom is -0.462 e. The Hall–Kier alpha value is -0.750. The maximum absolute atomic E-state index is 12.9. The molecule has 326 valence electrons. The van der Waals surface area contributed by atoms with Crippen molar-refractivity contribution >= 4 is 23.7 Å². The number of carbonyl (C=O) groups excluding carboxylic acids is 2. The number of ether oxygens (including phenoxy) is 2. The lowest BCUT2D eigenvalue weighted by atomic mass is 9.70. The summed E-state index contributed by atoms with van der Waals surface area (Å²) >= 11 is 1.97. The molecule has 0 bridgehead atoms. The first-order valence-corrected chi connectivity index (χ1v) is 24.8. The fourth-order valence-electron chi connectivity index (χ4n) is 9.51. The Morgan fingerprint density at radius 1 is 0.527 bits per heavy atom. The van der Waals surface area contributed by atoms with E-state index in [2.05, 4.69) is 74.1 Å². The van der Waals surface area contributed by atoms with E-state index >= 15 is 0 Å². The number of thioether (sulfide) groups is 1. The van der Waals surface area contributed by atoms with Gasteiger partial charge in [0.2, 0.25) is 0 Å². The van der Waals surface area contributed by atoms with E-state index < -0.39 is 6.10 Å². The molecular weight excluding hydrogens is 699 g/mol. The van der Waals surface area contributed by atoms with Gasteiger partial charge in [-0.05, 0) is 73.0 Å². The highest BCUT2D eigenvalue weighted by atomic mass is 32.2. The van der Waals surface area contributed by atoms with Crippen LogP contribution in [0.25, 0.3) is 0 Å². The van der Waals surface area contributed by atoms with Crippen LogP contribution >= 0.6 is 11.8 Å². The molecule has 0 aromatic carbocycles. The summed E-state index contributed by atoms with van der Waals surface area (Å²) in [7, 11) is 0. The van der Waals surface area contributed by atoms with Gasteiger partial charge in [-0.2, -0.15) is 11.8 Å². The monoisotopic (exact) mass is 794 g/mol. The zero-order chi connectivity index (χ0) is 41.1. The lowest BCUT2D eigenvalue weighted by molar-refractivity contribution is -0.160. The van der Waals surface area contributed by atoms with E-state index in [0.29, 0.717) is 35.6 Å². The predicted octanol–water partition coefficient (Wildman–Crippen LogP) is 14.8. The highest BCUT2D eigenvalue weighted by molar-refractivity contribution is 7.99. The van der Waals surface area contributed by atoms with E-state index in [9.17, 15) is 9.59 Å². The summed E-state index contributed by atoms with van der Waals surface area (Å²) in [6.07, 6.45) is 30.5. The van der Waals surface area contributed by atoms with E-state index in [4.69, 9.17) is 9.47 Å². The summed E-state index contributed by atoms with van der Waals surface area (Å²) in [5.74, 6) is 1.89. The van der Waals surface area contributed by atoms with Gasteiger partial charge in [-0.1, -0.05) is 172 Å². The molecule has 1 rings (SSSR count). The highest BCUT2D eigenvalue weighted by Crippen LogP contribution is 2.41. The van der Waals surface area contributed by atoms with Gasteiger partial charge in [0.25, 0.3) is 0 Å². The van der Waals surface area contributed by atoms with Gasteiger partial charge < -0.3 is 9.47 Å². The van der Waals surface area contributed by atoms with Crippen molar-refractivity contribution in [3.8, 4) is 0 Å². The topological polar surface area (TPSA) is 55.8 Å². The summed E-state index contributed by atoms with van der Waals surface area (Å²) in [4.78, 5) is 28.1. The third-order valence-electron chi connectivity index (χ3n) is 12.1. The third kappa shape index (κ3) is 30.0. The Kier molecular flexibility index (Phi) is 28.0. The van der Waals surface area contributed by atoms with E-state index in [1.807, 2.05) is 11.8 Å². The summed E-state index contributed by atoms with van der Waals surface area (Å²) in [6, 6.07) is 0. The van der Waals surface area contributed by atoms with Gasteiger partial charge in [-0.15, -0.1) is 0 Å². The smallest absolute Gasteiger partial charge is 0.306 e. The number of esters is 2. The predicted molar refractivity (Wildman–Crippen MR) is 241 cm³/mol. The quantitative estimate of drug-likeness (QED) is 0.0470. The maximum atomic E-state index is 12.9. The first-order valence-electron chi connectivity index (χ1n) is 23.6. The average Bonchev–Trinajstić information content (AvgIpc) is 3.09. The van der Waals surface area contributed by atoms with Crippen LogP contribution in [0.15, 0.2) is 0 Å². The molecule has 0 aromatic rings. The number of rotatable bonds is 35. The number of unbranched alkanes of at least 4 members (excludes halogenated alkanes) is 14. The van der Waals surface area contributed by atoms with Gasteiger partial charge in [-0.3, -0.25) is 14.5 Å². The van der Waals surface area contributed by atoms with Gasteiger partial charge in [0.1, 0.15) is 12.7 Å². The molecule has 55 heavy (non-hydrogen) atoms. The van der Waals surface area contributed by atoms with Crippen LogP contribution in [-0.4, -0.2) is 60.7 Å². The van der Waals surface area contributed by atoms with Crippen molar-refractivity contribution in [1.29, 1.82) is 0 Å². The van der Waals surface area contributed by atoms with E-state index in [1.165, 1.54) is 122 Å². The molecule has 0 spiro atoms. The normalized spacial score (nSPS) is 15.3. The van der Waals surface area contributed by atoms with Crippen LogP contribution in [0.1, 0.15) is 236 Å². The Bertz CT molecular complexity index is 970. The van der Waals surface area contributed by atoms with Gasteiger partial charge in [0, 0.05) is 44.0 Å². The minimum absolute atomic E-state index is 0.145. The van der Waals surface area contributed by atoms with Crippen LogP contribution in [0.5, 0.6) is 0 Å². The summed E-state index contributed by atoms with van der Waals surface area (Å²) in [5.41, 5.74) is 1.45. The van der Waals surface area contributed by atoms with E-state index in [0.717, 1.165) is 56.7 Å². The Morgan fingerprint density at radius 2 is 0.891 bits per heavy atom. The molecule has 1 fully saturated rings. The average molecular weight is 794 g/mol. The van der Waals surface area contributed by atoms with Crippen LogP contribution in [0.4, 0.5) is 0 Å². The second kappa shape index (κ2) is 29.5. The second-order valence-electron chi connectivity index (χ2n) is 20.9. The van der Waals surface area contributed by atoms with Crippen molar-refractivity contribution in [2.24, 2.45) is 21.7 Å². The van der Waals surface area contributed by atoms with Crippen molar-refractivity contribution in [2.45, 2.75) is 242 Å². The van der Waals surface area contributed by atoms with Crippen LogP contribution < -0.4 is 0 Å². The third-order valence-corrected chi connectivity index (χ3v) is 13.0. The SMILES string of the molecule is CCCCCCCCC(C)(C)CC(C)(C)CCCCC(=O)OCC(CN1CCSCC1)OC(=O)CCCCCCCCC(C)(C)CC(C)(C)CCCCCC. The standard InChI is InChI=1S/C49H95NO4S/c1-11-13-15-17-21-26-32-48(7,8)42-49(9,10)34-28-24-29-44(51)53-40-43(39-50-35-37-55-38-36-50)54-45(52)30-23-20-18-19-22-27-33-47(5,6)41-46(3,4)31-25-16-14-12-2/h43H,11-42H2,1-10H3. The molecular formula is C49H95NO4S. The Labute approximate surface area is 348 Å². The molecule has 1 saturated heterocycles. The minimum atomic E-state index is -0.392. The fourth-order valence-corrected chi connectivity index (χ4v) is 10.5. The van der Waals surface area contributed by atoms with E-state index in [-0.39, 0.29) is 24.0 Å². The number of hydrogen-bond donors (Lipinski definition) is 0. The van der Waals surface area contributed by atoms with Gasteiger partial charge in [0.05, 0.1) is 0 Å². The first kappa shape index (κ1) is 52.3. The van der Waals surface area contributed by atoms with Crippen molar-refractivity contribution in [1.82, 2.24) is 4.90 Å². The first-order chi connectivity index (χ1) is 26.0. The zero-order valence-corrected chi connectivity index (χ0v) is 39.5. The molecule has 0 radical (unpaired) electrons. The Balaban J connectivity index is 2.35. The molecule has 5 nitrogen and oxygen atoms in total. The van der Waals surface area contributed by atoms with Crippen LogP contribution in [0.2, 0.25) is 0 Å². The van der Waals surface area contributed by atoms with Gasteiger partial charge in [-0.25, -0.2) is 0 Å². The summed E-state index contributed by atoms with van der Waals surface area (Å²) < 4.78 is 11.7. The largest absolute Gasteiger partial charge is 0.462 e. The van der Waals surface area contributed by atoms with Crippen LogP contribution in [0, 0.1) is 21.7 Å². The number of hydrogen-bond acceptors (Lipinski definition) is 6. The van der Waals surface area contributed by atoms with Crippen molar-refractivity contribution in [3.63, 3.8) is 0 Å². The van der Waals surface area contributed by atoms with Gasteiger partial charge >= 0.3 is 11.9 Å². The molecule has 1 unspecified atom stereocenters. The summed E-state index contributed by atoms with van der Waals surface area (Å²) in [5, 5.41) is 0. The molecule has 6 heteroatoms. The Morgan fingerprint density at radius 3 is 1.36 bits per heavy atom. The molecule has 0 amide bonds. The zero-order valence-electron chi connectivity index (χ0n) is 38.7. The lowest BCUT2D eigenvalue weighted by Crippen LogP contribution is -2.42. The fraction of sp³-hybridized carbons (Fsp3) is 0.959. The molecule has 0 saturated carbocycles. The van der Waals surface area contributed by atoms with Crippen molar-refractivity contribution < 1.29 is 19.1 Å². The van der Waals surface area contributed by atoms with Crippen LogP contribution in [-0.2, 0) is 19.1 Å². The van der Waals surface area contributed by atoms with Gasteiger partial charge in [0.15, 0.2) is 0 Å².